The van der Waals surface area contributed by atoms with Gasteiger partial charge in [-0.25, -0.2) is 12.8 Å². The molecule has 1 heterocycles. The molecule has 1 aliphatic heterocycles. The second-order valence-corrected chi connectivity index (χ2v) is 9.22. The zero-order valence-corrected chi connectivity index (χ0v) is 18.0. The number of amides is 1. The van der Waals surface area contributed by atoms with E-state index in [1.807, 2.05) is 13.0 Å². The number of hydrogen-bond donors (Lipinski definition) is 2. The Bertz CT molecular complexity index is 880. The van der Waals surface area contributed by atoms with E-state index in [0.29, 0.717) is 12.2 Å². The summed E-state index contributed by atoms with van der Waals surface area (Å²) in [4.78, 5) is 16.4. The number of nitrogens with zero attached hydrogens (tertiary/aromatic N) is 1. The molecular weight excluding hydrogens is 421 g/mol. The second kappa shape index (κ2) is 10.1. The fourth-order valence-electron chi connectivity index (χ4n) is 2.78. The highest BCUT2D eigenvalue weighted by Crippen LogP contribution is 2.31. The van der Waals surface area contributed by atoms with E-state index in [1.54, 1.807) is 13.0 Å². The van der Waals surface area contributed by atoms with Crippen LogP contribution in [0.15, 0.2) is 52.5 Å². The van der Waals surface area contributed by atoms with Gasteiger partial charge in [0.05, 0.1) is 5.38 Å². The SMILES string of the molecule is CC[C@@H](OC1=CNC(C(=O)N[C@H](C)/C=C/S(C)(=O)=O)=NC1)C1C=CC=C(F)C1Cl. The Morgan fingerprint density at radius 2 is 2.28 bits per heavy atom. The van der Waals surface area contributed by atoms with Crippen molar-refractivity contribution in [2.24, 2.45) is 10.9 Å². The number of rotatable bonds is 8. The Labute approximate surface area is 175 Å². The van der Waals surface area contributed by atoms with Gasteiger partial charge >= 0.3 is 0 Å². The summed E-state index contributed by atoms with van der Waals surface area (Å²) in [5.74, 6) is -0.588. The first-order chi connectivity index (χ1) is 13.6. The molecule has 2 rings (SSSR count). The molecular formula is C19H25ClFN3O4S. The fraction of sp³-hybridized carbons (Fsp3) is 0.474. The average molecular weight is 446 g/mol. The number of hydrogen-bond acceptors (Lipinski definition) is 6. The highest BCUT2D eigenvalue weighted by atomic mass is 35.5. The van der Waals surface area contributed by atoms with Crippen LogP contribution in [0.25, 0.3) is 0 Å². The Balaban J connectivity index is 1.91. The minimum atomic E-state index is -3.26. The normalized spacial score (nSPS) is 24.1. The largest absolute Gasteiger partial charge is 0.491 e. The highest BCUT2D eigenvalue weighted by molar-refractivity contribution is 7.93. The van der Waals surface area contributed by atoms with Crippen LogP contribution in [-0.4, -0.2) is 50.5 Å². The Morgan fingerprint density at radius 1 is 1.55 bits per heavy atom. The quantitative estimate of drug-likeness (QED) is 0.559. The number of carbonyl (C=O) groups is 1. The van der Waals surface area contributed by atoms with E-state index in [1.165, 1.54) is 18.4 Å². The lowest BCUT2D eigenvalue weighted by Crippen LogP contribution is -2.43. The van der Waals surface area contributed by atoms with Gasteiger partial charge in [-0.3, -0.25) is 9.79 Å². The Morgan fingerprint density at radius 3 is 2.86 bits per heavy atom. The van der Waals surface area contributed by atoms with Gasteiger partial charge in [-0.15, -0.1) is 11.6 Å². The van der Waals surface area contributed by atoms with Gasteiger partial charge in [0.25, 0.3) is 5.91 Å². The first-order valence-corrected chi connectivity index (χ1v) is 11.5. The van der Waals surface area contributed by atoms with E-state index >= 15 is 0 Å². The van der Waals surface area contributed by atoms with Gasteiger partial charge in [0.2, 0.25) is 0 Å². The fourth-order valence-corrected chi connectivity index (χ4v) is 3.62. The molecule has 0 saturated heterocycles. The van der Waals surface area contributed by atoms with E-state index in [4.69, 9.17) is 16.3 Å². The van der Waals surface area contributed by atoms with Crippen molar-refractivity contribution in [3.63, 3.8) is 0 Å². The van der Waals surface area contributed by atoms with Crippen molar-refractivity contribution in [1.29, 1.82) is 0 Å². The maximum Gasteiger partial charge on any atom is 0.287 e. The van der Waals surface area contributed by atoms with E-state index in [2.05, 4.69) is 15.6 Å². The molecule has 0 spiro atoms. The lowest BCUT2D eigenvalue weighted by Gasteiger charge is -2.30. The van der Waals surface area contributed by atoms with Crippen LogP contribution in [-0.2, 0) is 19.4 Å². The number of ether oxygens (including phenoxy) is 1. The number of carbonyl (C=O) groups excluding carboxylic acids is 1. The molecule has 1 aliphatic carbocycles. The van der Waals surface area contributed by atoms with Crippen LogP contribution in [0.4, 0.5) is 4.39 Å². The number of alkyl halides is 1. The molecule has 0 fully saturated rings. The molecule has 10 heteroatoms. The molecule has 7 nitrogen and oxygen atoms in total. The maximum absolute atomic E-state index is 13.8. The minimum absolute atomic E-state index is 0.0896. The Kier molecular flexibility index (Phi) is 8.04. The van der Waals surface area contributed by atoms with Crippen molar-refractivity contribution in [2.75, 3.05) is 12.8 Å². The molecule has 4 atom stereocenters. The van der Waals surface area contributed by atoms with Gasteiger partial charge in [-0.1, -0.05) is 25.2 Å². The molecule has 2 aliphatic rings. The van der Waals surface area contributed by atoms with Gasteiger partial charge in [0.1, 0.15) is 24.2 Å². The van der Waals surface area contributed by atoms with Crippen molar-refractivity contribution < 1.29 is 22.3 Å². The smallest absolute Gasteiger partial charge is 0.287 e. The van der Waals surface area contributed by atoms with Gasteiger partial charge in [-0.2, -0.15) is 0 Å². The molecule has 0 saturated carbocycles. The summed E-state index contributed by atoms with van der Waals surface area (Å²) in [7, 11) is -3.26. The van der Waals surface area contributed by atoms with Crippen LogP contribution in [0.2, 0.25) is 0 Å². The molecule has 0 aromatic heterocycles. The van der Waals surface area contributed by atoms with Gasteiger partial charge in [-0.05, 0) is 19.4 Å². The monoisotopic (exact) mass is 445 g/mol. The van der Waals surface area contributed by atoms with Gasteiger partial charge in [0.15, 0.2) is 15.7 Å². The van der Waals surface area contributed by atoms with Crippen molar-refractivity contribution in [3.8, 4) is 0 Å². The lowest BCUT2D eigenvalue weighted by atomic mass is 9.92. The van der Waals surface area contributed by atoms with Crippen molar-refractivity contribution in [1.82, 2.24) is 10.6 Å². The molecule has 160 valence electrons. The third-order valence-corrected chi connectivity index (χ3v) is 5.43. The highest BCUT2D eigenvalue weighted by Gasteiger charge is 2.32. The molecule has 2 unspecified atom stereocenters. The molecule has 1 amide bonds. The predicted octanol–water partition coefficient (Wildman–Crippen LogP) is 2.33. The molecule has 0 aromatic carbocycles. The van der Waals surface area contributed by atoms with Crippen LogP contribution >= 0.6 is 11.6 Å². The number of amidine groups is 1. The zero-order valence-electron chi connectivity index (χ0n) is 16.4. The first kappa shape index (κ1) is 23.2. The molecule has 29 heavy (non-hydrogen) atoms. The van der Waals surface area contributed by atoms with Gasteiger partial charge < -0.3 is 15.4 Å². The van der Waals surface area contributed by atoms with E-state index in [9.17, 15) is 17.6 Å². The Hall–Kier alpha value is -2.13. The van der Waals surface area contributed by atoms with Gasteiger partial charge in [0, 0.05) is 29.8 Å². The standard InChI is InChI=1S/C19H25ClFN3O4S/c1-4-16(14-6-5-7-15(21)17(14)20)28-13-10-22-18(23-11-13)19(25)24-12(2)8-9-29(3,26)27/h5-10,12,14,16-17H,4,11H2,1-3H3,(H,22,23)(H,24,25)/b9-8+/t12-,14?,16-,17?/m1/s1. The van der Waals surface area contributed by atoms with E-state index < -0.39 is 33.0 Å². The lowest BCUT2D eigenvalue weighted by molar-refractivity contribution is -0.115. The second-order valence-electron chi connectivity index (χ2n) is 6.82. The summed E-state index contributed by atoms with van der Waals surface area (Å²) in [6.07, 6.45) is 9.03. The number of aliphatic imine (C=N–C) groups is 1. The van der Waals surface area contributed by atoms with Crippen molar-refractivity contribution in [3.05, 3.63) is 47.5 Å². The van der Waals surface area contributed by atoms with Crippen LogP contribution < -0.4 is 10.6 Å². The van der Waals surface area contributed by atoms with Crippen LogP contribution in [0.5, 0.6) is 0 Å². The summed E-state index contributed by atoms with van der Waals surface area (Å²) in [6, 6.07) is -0.491. The first-order valence-electron chi connectivity index (χ1n) is 9.14. The molecule has 0 bridgehead atoms. The summed E-state index contributed by atoms with van der Waals surface area (Å²) in [5, 5.41) is 5.64. The molecule has 0 radical (unpaired) electrons. The molecule has 2 N–H and O–H groups in total. The number of allylic oxidation sites excluding steroid dienone is 3. The average Bonchev–Trinajstić information content (AvgIpc) is 2.67. The van der Waals surface area contributed by atoms with Crippen molar-refractivity contribution >= 4 is 33.2 Å². The summed E-state index contributed by atoms with van der Waals surface area (Å²) < 4.78 is 42.0. The number of nitrogens with one attached hydrogen (secondary N) is 2. The van der Waals surface area contributed by atoms with Crippen molar-refractivity contribution in [2.45, 2.75) is 37.8 Å². The van der Waals surface area contributed by atoms with Crippen LogP contribution in [0.3, 0.4) is 0 Å². The number of sulfone groups is 1. The molecule has 0 aromatic rings. The minimum Gasteiger partial charge on any atom is -0.491 e. The van der Waals surface area contributed by atoms with Crippen LogP contribution in [0, 0.1) is 5.92 Å². The zero-order chi connectivity index (χ0) is 21.6. The third kappa shape index (κ3) is 7.01. The third-order valence-electron chi connectivity index (χ3n) is 4.28. The topological polar surface area (TPSA) is 96.9 Å². The summed E-state index contributed by atoms with van der Waals surface area (Å²) in [6.45, 7) is 3.71. The predicted molar refractivity (Wildman–Crippen MR) is 112 cm³/mol. The van der Waals surface area contributed by atoms with Crippen LogP contribution in [0.1, 0.15) is 20.3 Å². The summed E-state index contributed by atoms with van der Waals surface area (Å²) >= 11 is 6.16. The maximum atomic E-state index is 13.8. The summed E-state index contributed by atoms with van der Waals surface area (Å²) in [5.41, 5.74) is 0. The van der Waals surface area contributed by atoms with E-state index in [-0.39, 0.29) is 24.4 Å². The number of halogens is 2. The van der Waals surface area contributed by atoms with E-state index in [0.717, 1.165) is 11.7 Å².